The van der Waals surface area contributed by atoms with E-state index in [1.54, 1.807) is 15.9 Å². The Kier molecular flexibility index (Phi) is 6.17. The summed E-state index contributed by atoms with van der Waals surface area (Å²) < 4.78 is 38.1. The number of halogens is 3. The molecule has 2 aromatic heterocycles. The number of carbonyl (C=O) groups is 2. The summed E-state index contributed by atoms with van der Waals surface area (Å²) in [6.07, 6.45) is -2.01. The Labute approximate surface area is 182 Å². The van der Waals surface area contributed by atoms with Crippen molar-refractivity contribution < 1.29 is 22.8 Å². The van der Waals surface area contributed by atoms with Crippen LogP contribution in [0.1, 0.15) is 28.1 Å². The Balaban J connectivity index is 1.32. The van der Waals surface area contributed by atoms with Gasteiger partial charge in [0.25, 0.3) is 5.91 Å². The van der Waals surface area contributed by atoms with Gasteiger partial charge < -0.3 is 14.7 Å². The molecule has 0 N–H and O–H groups in total. The normalized spacial score (nSPS) is 20.1. The van der Waals surface area contributed by atoms with Gasteiger partial charge in [0, 0.05) is 45.5 Å². The van der Waals surface area contributed by atoms with Crippen molar-refractivity contribution in [1.29, 1.82) is 0 Å². The lowest BCUT2D eigenvalue weighted by Gasteiger charge is -2.39. The number of rotatable bonds is 3. The number of piperidine rings is 1. The predicted octanol–water partition coefficient (Wildman–Crippen LogP) is 3.36. The number of nitrogens with zero attached hydrogens (tertiary/aromatic N) is 4. The van der Waals surface area contributed by atoms with Crippen LogP contribution < -0.4 is 4.90 Å². The highest BCUT2D eigenvalue weighted by Gasteiger charge is 2.34. The van der Waals surface area contributed by atoms with E-state index in [0.29, 0.717) is 50.0 Å². The number of amides is 2. The number of alkyl halides is 3. The van der Waals surface area contributed by atoms with Gasteiger partial charge >= 0.3 is 6.18 Å². The van der Waals surface area contributed by atoms with Gasteiger partial charge in [-0.15, -0.1) is 11.3 Å². The molecule has 2 amide bonds. The first-order valence-corrected chi connectivity index (χ1v) is 11.1. The Hall–Kier alpha value is -2.62. The fourth-order valence-corrected chi connectivity index (χ4v) is 4.76. The molecule has 0 bridgehead atoms. The zero-order valence-corrected chi connectivity index (χ0v) is 17.7. The second kappa shape index (κ2) is 8.86. The summed E-state index contributed by atoms with van der Waals surface area (Å²) in [5.74, 6) is 0.285. The molecule has 4 heterocycles. The fraction of sp³-hybridized carbons (Fsp3) is 0.476. The Morgan fingerprint density at radius 1 is 1.03 bits per heavy atom. The highest BCUT2D eigenvalue weighted by atomic mass is 32.1. The fourth-order valence-electron chi connectivity index (χ4n) is 4.07. The third-order valence-corrected chi connectivity index (χ3v) is 6.64. The lowest BCUT2D eigenvalue weighted by Crippen LogP contribution is -2.53. The largest absolute Gasteiger partial charge is 0.417 e. The van der Waals surface area contributed by atoms with Gasteiger partial charge in [0.2, 0.25) is 5.91 Å². The first-order chi connectivity index (χ1) is 14.8. The van der Waals surface area contributed by atoms with E-state index in [0.717, 1.165) is 25.1 Å². The number of carbonyl (C=O) groups excluding carboxylic acids is 2. The zero-order valence-electron chi connectivity index (χ0n) is 16.8. The van der Waals surface area contributed by atoms with Gasteiger partial charge in [-0.05, 0) is 36.4 Å². The number of hydrogen-bond donors (Lipinski definition) is 0. The Bertz CT molecular complexity index is 910. The number of anilines is 1. The molecule has 0 unspecified atom stereocenters. The van der Waals surface area contributed by atoms with Crippen LogP contribution in [-0.4, -0.2) is 65.9 Å². The van der Waals surface area contributed by atoms with Gasteiger partial charge in [0.15, 0.2) is 0 Å². The summed E-state index contributed by atoms with van der Waals surface area (Å²) in [5, 5.41) is 1.87. The lowest BCUT2D eigenvalue weighted by atomic mass is 9.96. The van der Waals surface area contributed by atoms with E-state index >= 15 is 0 Å². The average molecular weight is 453 g/mol. The topological polar surface area (TPSA) is 56.8 Å². The smallest absolute Gasteiger partial charge is 0.353 e. The summed E-state index contributed by atoms with van der Waals surface area (Å²) in [7, 11) is 0. The molecule has 2 aromatic rings. The number of pyridine rings is 1. The lowest BCUT2D eigenvalue weighted by molar-refractivity contribution is -0.138. The van der Waals surface area contributed by atoms with Crippen molar-refractivity contribution >= 4 is 29.0 Å². The van der Waals surface area contributed by atoms with Crippen LogP contribution in [0.15, 0.2) is 35.8 Å². The summed E-state index contributed by atoms with van der Waals surface area (Å²) in [5.41, 5.74) is -0.774. The van der Waals surface area contributed by atoms with Crippen LogP contribution in [-0.2, 0) is 11.0 Å². The Morgan fingerprint density at radius 3 is 2.42 bits per heavy atom. The van der Waals surface area contributed by atoms with Gasteiger partial charge in [0.05, 0.1) is 16.4 Å². The highest BCUT2D eigenvalue weighted by Crippen LogP contribution is 2.29. The molecule has 31 heavy (non-hydrogen) atoms. The average Bonchev–Trinajstić information content (AvgIpc) is 3.33. The summed E-state index contributed by atoms with van der Waals surface area (Å²) >= 11 is 1.40. The molecule has 0 aromatic carbocycles. The number of piperazine rings is 1. The minimum Gasteiger partial charge on any atom is -0.353 e. The van der Waals surface area contributed by atoms with Gasteiger partial charge in [-0.25, -0.2) is 4.98 Å². The van der Waals surface area contributed by atoms with E-state index in [1.165, 1.54) is 17.4 Å². The molecule has 1 atom stereocenters. The molecule has 166 valence electrons. The van der Waals surface area contributed by atoms with E-state index in [1.807, 2.05) is 16.3 Å². The maximum Gasteiger partial charge on any atom is 0.417 e. The SMILES string of the molecule is O=C(c1cccs1)N1CCC[C@@H](C(=O)N2CCN(c3ccc(C(F)(F)F)cn3)CC2)C1. The van der Waals surface area contributed by atoms with Crippen LogP contribution >= 0.6 is 11.3 Å². The molecule has 2 fully saturated rings. The highest BCUT2D eigenvalue weighted by molar-refractivity contribution is 7.12. The molecule has 0 radical (unpaired) electrons. The van der Waals surface area contributed by atoms with Gasteiger partial charge in [-0.3, -0.25) is 9.59 Å². The summed E-state index contributed by atoms with van der Waals surface area (Å²) in [4.78, 5) is 35.7. The van der Waals surface area contributed by atoms with E-state index in [-0.39, 0.29) is 17.7 Å². The number of likely N-dealkylation sites (tertiary alicyclic amines) is 1. The first-order valence-electron chi connectivity index (χ1n) is 10.2. The molecule has 4 rings (SSSR count). The number of hydrogen-bond acceptors (Lipinski definition) is 5. The molecule has 6 nitrogen and oxygen atoms in total. The monoisotopic (exact) mass is 452 g/mol. The van der Waals surface area contributed by atoms with Crippen LogP contribution in [0.2, 0.25) is 0 Å². The molecule has 2 aliphatic rings. The predicted molar refractivity (Wildman–Crippen MR) is 111 cm³/mol. The maximum absolute atomic E-state index is 13.0. The summed E-state index contributed by atoms with van der Waals surface area (Å²) in [6.45, 7) is 3.07. The summed E-state index contributed by atoms with van der Waals surface area (Å²) in [6, 6.07) is 6.04. The maximum atomic E-state index is 13.0. The molecular formula is C21H23F3N4O2S. The van der Waals surface area contributed by atoms with Gasteiger partial charge in [-0.1, -0.05) is 6.07 Å². The molecule has 0 saturated carbocycles. The van der Waals surface area contributed by atoms with Crippen molar-refractivity contribution in [3.05, 3.63) is 46.3 Å². The van der Waals surface area contributed by atoms with Crippen LogP contribution in [0.5, 0.6) is 0 Å². The Morgan fingerprint density at radius 2 is 1.81 bits per heavy atom. The van der Waals surface area contributed by atoms with Crippen molar-refractivity contribution in [3.63, 3.8) is 0 Å². The van der Waals surface area contributed by atoms with Crippen molar-refractivity contribution in [2.24, 2.45) is 5.92 Å². The molecule has 2 saturated heterocycles. The molecule has 0 aliphatic carbocycles. The van der Waals surface area contributed by atoms with Gasteiger partial charge in [0.1, 0.15) is 5.82 Å². The van der Waals surface area contributed by atoms with E-state index in [9.17, 15) is 22.8 Å². The van der Waals surface area contributed by atoms with E-state index in [4.69, 9.17) is 0 Å². The van der Waals surface area contributed by atoms with Crippen LogP contribution in [0.4, 0.5) is 19.0 Å². The van der Waals surface area contributed by atoms with Crippen LogP contribution in [0.25, 0.3) is 0 Å². The zero-order chi connectivity index (χ0) is 22.0. The van der Waals surface area contributed by atoms with Crippen molar-refractivity contribution in [3.8, 4) is 0 Å². The molecule has 2 aliphatic heterocycles. The standard InChI is InChI=1S/C21H23F3N4O2S/c22-21(23,24)16-5-6-18(25-13-16)26-8-10-27(11-9-26)19(29)15-3-1-7-28(14-15)20(30)17-4-2-12-31-17/h2,4-6,12-13,15H,1,3,7-11,14H2/t15-/m1/s1. The van der Waals surface area contributed by atoms with E-state index in [2.05, 4.69) is 4.98 Å². The number of aromatic nitrogens is 1. The van der Waals surface area contributed by atoms with Gasteiger partial charge in [-0.2, -0.15) is 13.2 Å². The van der Waals surface area contributed by atoms with Crippen molar-refractivity contribution in [2.75, 3.05) is 44.2 Å². The first kappa shape index (κ1) is 21.6. The second-order valence-corrected chi connectivity index (χ2v) is 8.73. The van der Waals surface area contributed by atoms with E-state index < -0.39 is 11.7 Å². The molecular weight excluding hydrogens is 429 g/mol. The third kappa shape index (κ3) is 4.84. The molecule has 0 spiro atoms. The quantitative estimate of drug-likeness (QED) is 0.717. The molecule has 10 heteroatoms. The number of thiophene rings is 1. The van der Waals surface area contributed by atoms with Crippen molar-refractivity contribution in [1.82, 2.24) is 14.8 Å². The minimum atomic E-state index is -4.41. The van der Waals surface area contributed by atoms with Crippen LogP contribution in [0, 0.1) is 5.92 Å². The minimum absolute atomic E-state index is 0.0225. The van der Waals surface area contributed by atoms with Crippen LogP contribution in [0.3, 0.4) is 0 Å². The second-order valence-electron chi connectivity index (χ2n) is 7.78. The van der Waals surface area contributed by atoms with Crippen molar-refractivity contribution in [2.45, 2.75) is 19.0 Å². The third-order valence-electron chi connectivity index (χ3n) is 5.78.